The maximum absolute atomic E-state index is 6.07. The number of fused-ring (bicyclic) bond motifs is 1. The Hall–Kier alpha value is -1.87. The van der Waals surface area contributed by atoms with Crippen LogP contribution in [0, 0.1) is 6.92 Å². The Bertz CT molecular complexity index is 674. The Labute approximate surface area is 104 Å². The van der Waals surface area contributed by atoms with E-state index in [1.54, 1.807) is 0 Å². The number of hydrogen-bond donors (Lipinski definition) is 0. The summed E-state index contributed by atoms with van der Waals surface area (Å²) in [6, 6.07) is 12.1. The van der Waals surface area contributed by atoms with E-state index in [-0.39, 0.29) is 0 Å². The van der Waals surface area contributed by atoms with Gasteiger partial charge in [0, 0.05) is 11.4 Å². The summed E-state index contributed by atoms with van der Waals surface area (Å²) in [5.41, 5.74) is 3.01. The topological polar surface area (TPSA) is 30.7 Å². The fourth-order valence-electron chi connectivity index (χ4n) is 2.01. The molecule has 3 rings (SSSR count). The molecule has 3 nitrogen and oxygen atoms in total. The molecular formula is C13H10ClN3. The number of rotatable bonds is 1. The lowest BCUT2D eigenvalue weighted by molar-refractivity contribution is 1.02. The Kier molecular flexibility index (Phi) is 2.34. The first-order chi connectivity index (χ1) is 8.27. The van der Waals surface area contributed by atoms with Crippen LogP contribution >= 0.6 is 11.6 Å². The van der Waals surface area contributed by atoms with E-state index in [9.17, 15) is 0 Å². The van der Waals surface area contributed by atoms with Crippen LogP contribution in [0.25, 0.3) is 16.7 Å². The van der Waals surface area contributed by atoms with Crippen molar-refractivity contribution in [2.45, 2.75) is 6.92 Å². The Balaban J connectivity index is 2.37. The third-order valence-corrected chi connectivity index (χ3v) is 3.05. The van der Waals surface area contributed by atoms with Crippen LogP contribution in [-0.4, -0.2) is 14.5 Å². The molecule has 0 spiro atoms. The third-order valence-electron chi connectivity index (χ3n) is 2.75. The molecule has 0 N–H and O–H groups in total. The van der Waals surface area contributed by atoms with Gasteiger partial charge in [0.2, 0.25) is 0 Å². The molecule has 0 atom stereocenters. The molecule has 0 unspecified atom stereocenters. The molecule has 0 aliphatic carbocycles. The van der Waals surface area contributed by atoms with Crippen LogP contribution in [0.2, 0.25) is 5.15 Å². The standard InChI is InChI=1S/C13H10ClN3/c1-9-7-11-12(14)15-8-16-13(11)17(9)10-5-3-2-4-6-10/h2-8H,1H3. The minimum atomic E-state index is 0.493. The van der Waals surface area contributed by atoms with Crippen LogP contribution < -0.4 is 0 Å². The average Bonchev–Trinajstić information content (AvgIpc) is 2.68. The zero-order chi connectivity index (χ0) is 11.8. The number of aryl methyl sites for hydroxylation is 1. The summed E-state index contributed by atoms with van der Waals surface area (Å²) in [6.45, 7) is 2.03. The van der Waals surface area contributed by atoms with E-state index in [1.807, 2.05) is 43.3 Å². The molecule has 0 aliphatic heterocycles. The van der Waals surface area contributed by atoms with Crippen molar-refractivity contribution < 1.29 is 0 Å². The maximum Gasteiger partial charge on any atom is 0.149 e. The van der Waals surface area contributed by atoms with Crippen molar-refractivity contribution in [2.24, 2.45) is 0 Å². The second-order valence-electron chi connectivity index (χ2n) is 3.86. The van der Waals surface area contributed by atoms with Gasteiger partial charge in [0.15, 0.2) is 0 Å². The number of nitrogens with zero attached hydrogens (tertiary/aromatic N) is 3. The van der Waals surface area contributed by atoms with E-state index >= 15 is 0 Å². The Morgan fingerprint density at radius 3 is 2.65 bits per heavy atom. The van der Waals surface area contributed by atoms with E-state index < -0.39 is 0 Å². The zero-order valence-electron chi connectivity index (χ0n) is 9.26. The lowest BCUT2D eigenvalue weighted by Gasteiger charge is -2.06. The lowest BCUT2D eigenvalue weighted by Crippen LogP contribution is -1.97. The van der Waals surface area contributed by atoms with Gasteiger partial charge in [-0.25, -0.2) is 9.97 Å². The first-order valence-electron chi connectivity index (χ1n) is 5.31. The van der Waals surface area contributed by atoms with Crippen LogP contribution in [-0.2, 0) is 0 Å². The molecule has 0 radical (unpaired) electrons. The Morgan fingerprint density at radius 1 is 1.12 bits per heavy atom. The van der Waals surface area contributed by atoms with Gasteiger partial charge in [-0.3, -0.25) is 4.57 Å². The molecule has 0 saturated heterocycles. The predicted molar refractivity (Wildman–Crippen MR) is 68.6 cm³/mol. The molecule has 0 amide bonds. The second kappa shape index (κ2) is 3.86. The van der Waals surface area contributed by atoms with E-state index in [1.165, 1.54) is 6.33 Å². The number of halogens is 1. The highest BCUT2D eigenvalue weighted by Crippen LogP contribution is 2.25. The highest BCUT2D eigenvalue weighted by Gasteiger charge is 2.11. The van der Waals surface area contributed by atoms with Crippen molar-refractivity contribution in [1.82, 2.24) is 14.5 Å². The van der Waals surface area contributed by atoms with Crippen molar-refractivity contribution in [2.75, 3.05) is 0 Å². The van der Waals surface area contributed by atoms with Crippen molar-refractivity contribution in [1.29, 1.82) is 0 Å². The first-order valence-corrected chi connectivity index (χ1v) is 5.69. The third kappa shape index (κ3) is 1.59. The molecule has 4 heteroatoms. The average molecular weight is 244 g/mol. The molecular weight excluding hydrogens is 234 g/mol. The first kappa shape index (κ1) is 10.3. The fourth-order valence-corrected chi connectivity index (χ4v) is 2.19. The summed E-state index contributed by atoms with van der Waals surface area (Å²) >= 11 is 6.07. The van der Waals surface area contributed by atoms with E-state index in [0.717, 1.165) is 22.4 Å². The molecule has 0 aliphatic rings. The van der Waals surface area contributed by atoms with Gasteiger partial charge in [0.05, 0.1) is 5.39 Å². The van der Waals surface area contributed by atoms with Crippen LogP contribution in [0.4, 0.5) is 0 Å². The Morgan fingerprint density at radius 2 is 1.88 bits per heavy atom. The molecule has 0 saturated carbocycles. The summed E-state index contributed by atoms with van der Waals surface area (Å²) in [6.07, 6.45) is 1.49. The van der Waals surface area contributed by atoms with Crippen molar-refractivity contribution in [3.8, 4) is 5.69 Å². The summed E-state index contributed by atoms with van der Waals surface area (Å²) in [7, 11) is 0. The molecule has 2 heterocycles. The molecule has 3 aromatic rings. The van der Waals surface area contributed by atoms with Gasteiger partial charge in [-0.15, -0.1) is 0 Å². The number of aromatic nitrogens is 3. The highest BCUT2D eigenvalue weighted by molar-refractivity contribution is 6.34. The van der Waals surface area contributed by atoms with E-state index in [0.29, 0.717) is 5.15 Å². The van der Waals surface area contributed by atoms with Gasteiger partial charge in [-0.2, -0.15) is 0 Å². The van der Waals surface area contributed by atoms with Gasteiger partial charge in [0.1, 0.15) is 17.1 Å². The van der Waals surface area contributed by atoms with Gasteiger partial charge < -0.3 is 0 Å². The SMILES string of the molecule is Cc1cc2c(Cl)ncnc2n1-c1ccccc1. The monoisotopic (exact) mass is 243 g/mol. The van der Waals surface area contributed by atoms with Crippen molar-refractivity contribution in [3.05, 3.63) is 53.6 Å². The quantitative estimate of drug-likeness (QED) is 0.614. The predicted octanol–water partition coefficient (Wildman–Crippen LogP) is 3.38. The largest absolute Gasteiger partial charge is 0.298 e. The molecule has 1 aromatic carbocycles. The van der Waals surface area contributed by atoms with E-state index in [4.69, 9.17) is 11.6 Å². The fraction of sp³-hybridized carbons (Fsp3) is 0.0769. The highest BCUT2D eigenvalue weighted by atomic mass is 35.5. The molecule has 0 bridgehead atoms. The number of para-hydroxylation sites is 1. The lowest BCUT2D eigenvalue weighted by atomic mass is 10.3. The van der Waals surface area contributed by atoms with Gasteiger partial charge >= 0.3 is 0 Å². The van der Waals surface area contributed by atoms with Gasteiger partial charge in [-0.05, 0) is 25.1 Å². The number of hydrogen-bond acceptors (Lipinski definition) is 2. The normalized spacial score (nSPS) is 10.9. The summed E-state index contributed by atoms with van der Waals surface area (Å²) in [4.78, 5) is 8.30. The van der Waals surface area contributed by atoms with Gasteiger partial charge in [0.25, 0.3) is 0 Å². The smallest absolute Gasteiger partial charge is 0.149 e. The number of benzene rings is 1. The summed E-state index contributed by atoms with van der Waals surface area (Å²) in [5.74, 6) is 0. The van der Waals surface area contributed by atoms with Crippen molar-refractivity contribution in [3.63, 3.8) is 0 Å². The second-order valence-corrected chi connectivity index (χ2v) is 4.22. The molecule has 0 fully saturated rings. The summed E-state index contributed by atoms with van der Waals surface area (Å²) in [5, 5.41) is 1.38. The molecule has 17 heavy (non-hydrogen) atoms. The van der Waals surface area contributed by atoms with Crippen LogP contribution in [0.15, 0.2) is 42.7 Å². The minimum Gasteiger partial charge on any atom is -0.298 e. The maximum atomic E-state index is 6.07. The minimum absolute atomic E-state index is 0.493. The van der Waals surface area contributed by atoms with Gasteiger partial charge in [-0.1, -0.05) is 29.8 Å². The van der Waals surface area contributed by atoms with E-state index in [2.05, 4.69) is 14.5 Å². The van der Waals surface area contributed by atoms with Crippen LogP contribution in [0.5, 0.6) is 0 Å². The van der Waals surface area contributed by atoms with Crippen LogP contribution in [0.1, 0.15) is 5.69 Å². The molecule has 84 valence electrons. The summed E-state index contributed by atoms with van der Waals surface area (Å²) < 4.78 is 2.07. The van der Waals surface area contributed by atoms with Crippen LogP contribution in [0.3, 0.4) is 0 Å². The zero-order valence-corrected chi connectivity index (χ0v) is 10.0. The molecule has 2 aromatic heterocycles. The van der Waals surface area contributed by atoms with Crippen molar-refractivity contribution >= 4 is 22.6 Å².